The molecule has 0 saturated heterocycles. The van der Waals surface area contributed by atoms with Crippen LogP contribution in [0.2, 0.25) is 0 Å². The molecule has 0 unspecified atom stereocenters. The summed E-state index contributed by atoms with van der Waals surface area (Å²) in [5, 5.41) is 16.4. The zero-order chi connectivity index (χ0) is 18.4. The van der Waals surface area contributed by atoms with E-state index in [-0.39, 0.29) is 0 Å². The van der Waals surface area contributed by atoms with E-state index in [4.69, 9.17) is 5.10 Å². The van der Waals surface area contributed by atoms with E-state index in [1.807, 2.05) is 49.2 Å². The van der Waals surface area contributed by atoms with Gasteiger partial charge in [-0.15, -0.1) is 0 Å². The number of hydrogen-bond donors (Lipinski definition) is 2. The number of benzene rings is 1. The average Bonchev–Trinajstić information content (AvgIpc) is 3.23. The first-order valence-electron chi connectivity index (χ1n) is 8.64. The number of nitrogens with zero attached hydrogens (tertiary/aromatic N) is 5. The molecule has 0 aliphatic rings. The Bertz CT molecular complexity index is 1280. The van der Waals surface area contributed by atoms with Crippen LogP contribution in [0.3, 0.4) is 0 Å². The molecule has 1 aromatic carbocycles. The summed E-state index contributed by atoms with van der Waals surface area (Å²) in [6, 6.07) is 12.1. The fourth-order valence-corrected chi connectivity index (χ4v) is 3.31. The van der Waals surface area contributed by atoms with Crippen LogP contribution in [0.5, 0.6) is 0 Å². The predicted octanol–water partition coefficient (Wildman–Crippen LogP) is 3.96. The molecule has 0 bridgehead atoms. The summed E-state index contributed by atoms with van der Waals surface area (Å²) < 4.78 is 1.89. The number of aromatic amines is 1. The molecule has 0 saturated carbocycles. The van der Waals surface area contributed by atoms with Gasteiger partial charge in [0.1, 0.15) is 11.2 Å². The van der Waals surface area contributed by atoms with Crippen LogP contribution in [0.1, 0.15) is 5.56 Å². The van der Waals surface area contributed by atoms with Gasteiger partial charge in [0.05, 0.1) is 11.0 Å². The SMILES string of the molecule is Cc1cncc(-c2nn(C)c3cc(Nc4n[nH]c5cccnc45)ccc23)c1. The molecule has 4 heterocycles. The number of rotatable bonds is 3. The maximum atomic E-state index is 4.70. The molecule has 5 aromatic rings. The third kappa shape index (κ3) is 2.60. The van der Waals surface area contributed by atoms with Gasteiger partial charge in [-0.05, 0) is 48.9 Å². The Morgan fingerprint density at radius 1 is 1.11 bits per heavy atom. The molecule has 5 rings (SSSR count). The third-order valence-electron chi connectivity index (χ3n) is 4.58. The Kier molecular flexibility index (Phi) is 3.39. The number of H-pyrrole nitrogens is 1. The monoisotopic (exact) mass is 355 g/mol. The van der Waals surface area contributed by atoms with Gasteiger partial charge < -0.3 is 5.32 Å². The largest absolute Gasteiger partial charge is 0.337 e. The molecule has 4 aromatic heterocycles. The summed E-state index contributed by atoms with van der Waals surface area (Å²) in [4.78, 5) is 8.68. The van der Waals surface area contributed by atoms with Crippen LogP contribution in [-0.4, -0.2) is 29.9 Å². The summed E-state index contributed by atoms with van der Waals surface area (Å²) >= 11 is 0. The van der Waals surface area contributed by atoms with Gasteiger partial charge in [0.25, 0.3) is 0 Å². The van der Waals surface area contributed by atoms with Gasteiger partial charge in [0.15, 0.2) is 5.82 Å². The van der Waals surface area contributed by atoms with Crippen molar-refractivity contribution in [2.45, 2.75) is 6.92 Å². The molecular weight excluding hydrogens is 338 g/mol. The molecule has 7 nitrogen and oxygen atoms in total. The second-order valence-electron chi connectivity index (χ2n) is 6.55. The molecule has 0 fully saturated rings. The molecule has 0 radical (unpaired) electrons. The molecule has 27 heavy (non-hydrogen) atoms. The second-order valence-corrected chi connectivity index (χ2v) is 6.55. The lowest BCUT2D eigenvalue weighted by molar-refractivity contribution is 0.800. The minimum absolute atomic E-state index is 0.704. The van der Waals surface area contributed by atoms with E-state index in [1.54, 1.807) is 6.20 Å². The highest BCUT2D eigenvalue weighted by Crippen LogP contribution is 2.31. The summed E-state index contributed by atoms with van der Waals surface area (Å²) in [5.74, 6) is 0.704. The zero-order valence-corrected chi connectivity index (χ0v) is 14.9. The normalized spacial score (nSPS) is 11.3. The van der Waals surface area contributed by atoms with Crippen molar-refractivity contribution in [1.82, 2.24) is 29.9 Å². The van der Waals surface area contributed by atoms with Crippen LogP contribution in [-0.2, 0) is 7.05 Å². The Balaban J connectivity index is 1.57. The minimum atomic E-state index is 0.704. The standard InChI is InChI=1S/C20H17N7/c1-12-8-13(11-21-10-12)18-15-6-5-14(9-17(15)27(2)26-18)23-20-19-16(24-25-20)4-3-7-22-19/h3-11H,1-2H3,(H2,23,24,25). The number of hydrogen-bond acceptors (Lipinski definition) is 5. The van der Waals surface area contributed by atoms with Crippen molar-refractivity contribution in [1.29, 1.82) is 0 Å². The number of pyridine rings is 2. The first-order valence-corrected chi connectivity index (χ1v) is 8.64. The highest BCUT2D eigenvalue weighted by molar-refractivity contribution is 5.96. The van der Waals surface area contributed by atoms with Gasteiger partial charge in [-0.2, -0.15) is 10.2 Å². The molecule has 0 atom stereocenters. The fourth-order valence-electron chi connectivity index (χ4n) is 3.31. The number of nitrogens with one attached hydrogen (secondary N) is 2. The van der Waals surface area contributed by atoms with Crippen LogP contribution in [0.25, 0.3) is 33.2 Å². The average molecular weight is 355 g/mol. The van der Waals surface area contributed by atoms with Gasteiger partial charge in [-0.3, -0.25) is 19.7 Å². The molecule has 2 N–H and O–H groups in total. The lowest BCUT2D eigenvalue weighted by Crippen LogP contribution is -1.94. The molecule has 0 aliphatic heterocycles. The molecular formula is C20H17N7. The van der Waals surface area contributed by atoms with Crippen LogP contribution < -0.4 is 5.32 Å². The van der Waals surface area contributed by atoms with Crippen LogP contribution in [0.4, 0.5) is 11.5 Å². The highest BCUT2D eigenvalue weighted by Gasteiger charge is 2.13. The summed E-state index contributed by atoms with van der Waals surface area (Å²) in [7, 11) is 1.95. The van der Waals surface area contributed by atoms with Gasteiger partial charge >= 0.3 is 0 Å². The van der Waals surface area contributed by atoms with E-state index in [2.05, 4.69) is 43.7 Å². The molecule has 0 spiro atoms. The van der Waals surface area contributed by atoms with E-state index in [0.717, 1.165) is 44.4 Å². The first-order chi connectivity index (χ1) is 13.2. The summed E-state index contributed by atoms with van der Waals surface area (Å²) in [6.45, 7) is 2.03. The maximum Gasteiger partial charge on any atom is 0.178 e. The summed E-state index contributed by atoms with van der Waals surface area (Å²) in [5.41, 5.74) is 6.74. The molecule has 132 valence electrons. The lowest BCUT2D eigenvalue weighted by Gasteiger charge is -2.04. The molecule has 7 heteroatoms. The maximum absolute atomic E-state index is 4.70. The third-order valence-corrected chi connectivity index (χ3v) is 4.58. The van der Waals surface area contributed by atoms with Crippen LogP contribution in [0.15, 0.2) is 55.0 Å². The lowest BCUT2D eigenvalue weighted by atomic mass is 10.1. The summed E-state index contributed by atoms with van der Waals surface area (Å²) in [6.07, 6.45) is 5.46. The highest BCUT2D eigenvalue weighted by atomic mass is 15.3. The van der Waals surface area contributed by atoms with E-state index >= 15 is 0 Å². The Hall–Kier alpha value is -3.74. The van der Waals surface area contributed by atoms with Gasteiger partial charge in [0, 0.05) is 42.3 Å². The van der Waals surface area contributed by atoms with Crippen molar-refractivity contribution >= 4 is 33.4 Å². The smallest absolute Gasteiger partial charge is 0.178 e. The minimum Gasteiger partial charge on any atom is -0.337 e. The van der Waals surface area contributed by atoms with Crippen molar-refractivity contribution in [3.8, 4) is 11.3 Å². The fraction of sp³-hybridized carbons (Fsp3) is 0.100. The van der Waals surface area contributed by atoms with Gasteiger partial charge in [0.2, 0.25) is 0 Å². The number of anilines is 2. The number of aromatic nitrogens is 6. The van der Waals surface area contributed by atoms with E-state index < -0.39 is 0 Å². The second kappa shape index (κ2) is 5.91. The Labute approximate surface area is 155 Å². The van der Waals surface area contributed by atoms with Crippen molar-refractivity contribution < 1.29 is 0 Å². The van der Waals surface area contributed by atoms with Crippen molar-refractivity contribution in [2.24, 2.45) is 7.05 Å². The van der Waals surface area contributed by atoms with Crippen molar-refractivity contribution in [3.05, 3.63) is 60.6 Å². The number of fused-ring (bicyclic) bond motifs is 2. The van der Waals surface area contributed by atoms with Crippen LogP contribution in [0, 0.1) is 6.92 Å². The van der Waals surface area contributed by atoms with Crippen molar-refractivity contribution in [2.75, 3.05) is 5.32 Å². The topological polar surface area (TPSA) is 84.3 Å². The van der Waals surface area contributed by atoms with E-state index in [1.165, 1.54) is 0 Å². The van der Waals surface area contributed by atoms with Crippen molar-refractivity contribution in [3.63, 3.8) is 0 Å². The Morgan fingerprint density at radius 2 is 2.04 bits per heavy atom. The molecule has 0 amide bonds. The van der Waals surface area contributed by atoms with Gasteiger partial charge in [-0.25, -0.2) is 0 Å². The zero-order valence-electron chi connectivity index (χ0n) is 14.9. The number of aryl methyl sites for hydroxylation is 2. The Morgan fingerprint density at radius 3 is 2.93 bits per heavy atom. The first kappa shape index (κ1) is 15.5. The van der Waals surface area contributed by atoms with E-state index in [9.17, 15) is 0 Å². The van der Waals surface area contributed by atoms with Gasteiger partial charge in [-0.1, -0.05) is 0 Å². The van der Waals surface area contributed by atoms with E-state index in [0.29, 0.717) is 5.82 Å². The quantitative estimate of drug-likeness (QED) is 0.512. The van der Waals surface area contributed by atoms with Crippen LogP contribution >= 0.6 is 0 Å². The predicted molar refractivity (Wildman–Crippen MR) is 106 cm³/mol. The molecule has 0 aliphatic carbocycles.